The SMILES string of the molecule is NC(N)=NCCC[C@@H](NC(=O)[C@H](Cc1ccc(O)cc1)N=C(N)N)C(=O)N[C@@H](Cc1ccc(O)c(O)c1)C(=O)O. The number of nitrogens with zero attached hydrogens (tertiary/aromatic N) is 2. The molecule has 0 aliphatic rings. The Kier molecular flexibility index (Phi) is 11.4. The van der Waals surface area contributed by atoms with Crippen LogP contribution in [0, 0.1) is 0 Å². The van der Waals surface area contributed by atoms with E-state index < -0.39 is 41.7 Å². The van der Waals surface area contributed by atoms with Gasteiger partial charge in [-0.15, -0.1) is 0 Å². The Morgan fingerprint density at radius 3 is 1.98 bits per heavy atom. The molecule has 3 atom stereocenters. The number of phenolic OH excluding ortho intramolecular Hbond substituents is 3. The van der Waals surface area contributed by atoms with Crippen molar-refractivity contribution in [3.63, 3.8) is 0 Å². The van der Waals surface area contributed by atoms with E-state index in [2.05, 4.69) is 20.6 Å². The molecule has 2 amide bonds. The molecule has 0 spiro atoms. The molecule has 0 aliphatic heterocycles. The molecule has 0 bridgehead atoms. The molecule has 216 valence electrons. The fourth-order valence-corrected chi connectivity index (χ4v) is 3.68. The Labute approximate surface area is 229 Å². The molecule has 15 heteroatoms. The highest BCUT2D eigenvalue weighted by atomic mass is 16.4. The molecule has 0 unspecified atom stereocenters. The average molecular weight is 559 g/mol. The van der Waals surface area contributed by atoms with Gasteiger partial charge in [-0.3, -0.25) is 14.6 Å². The van der Waals surface area contributed by atoms with Gasteiger partial charge < -0.3 is 54.0 Å². The average Bonchev–Trinajstić information content (AvgIpc) is 2.87. The standard InChI is InChI=1S/C25H34N8O7/c26-24(27)30-9-1-2-16(21(37)32-18(23(39)40)11-14-5-8-19(35)20(36)12-14)31-22(38)17(33-25(28)29)10-13-3-6-15(34)7-4-13/h3-8,12,16-18,34-36H,1-2,9-11H2,(H,31,38)(H,32,37)(H,39,40)(H4,26,27,30)(H4,28,29,33)/t16-,17+,18+/m1/s1. The second-order valence-electron chi connectivity index (χ2n) is 8.88. The Balaban J connectivity index is 2.24. The van der Waals surface area contributed by atoms with Crippen LogP contribution in [0.25, 0.3) is 0 Å². The number of guanidine groups is 2. The molecule has 0 heterocycles. The lowest BCUT2D eigenvalue weighted by Crippen LogP contribution is -2.54. The first-order valence-corrected chi connectivity index (χ1v) is 12.1. The number of benzene rings is 2. The van der Waals surface area contributed by atoms with Crippen molar-refractivity contribution in [1.82, 2.24) is 10.6 Å². The van der Waals surface area contributed by atoms with Gasteiger partial charge in [0, 0.05) is 19.4 Å². The molecule has 0 saturated heterocycles. The lowest BCUT2D eigenvalue weighted by atomic mass is 10.0. The Morgan fingerprint density at radius 2 is 1.40 bits per heavy atom. The van der Waals surface area contributed by atoms with Crippen molar-refractivity contribution in [2.75, 3.05) is 6.54 Å². The van der Waals surface area contributed by atoms with Crippen molar-refractivity contribution in [2.24, 2.45) is 32.9 Å². The molecule has 0 radical (unpaired) electrons. The van der Waals surface area contributed by atoms with Crippen LogP contribution in [0.1, 0.15) is 24.0 Å². The van der Waals surface area contributed by atoms with Crippen molar-refractivity contribution >= 4 is 29.7 Å². The lowest BCUT2D eigenvalue weighted by Gasteiger charge is -2.23. The summed E-state index contributed by atoms with van der Waals surface area (Å²) in [7, 11) is 0. The summed E-state index contributed by atoms with van der Waals surface area (Å²) in [4.78, 5) is 46.1. The summed E-state index contributed by atoms with van der Waals surface area (Å²) >= 11 is 0. The van der Waals surface area contributed by atoms with Crippen LogP contribution in [0.15, 0.2) is 52.4 Å². The molecule has 0 aromatic heterocycles. The Bertz CT molecular complexity index is 1240. The van der Waals surface area contributed by atoms with Crippen molar-refractivity contribution in [1.29, 1.82) is 0 Å². The van der Waals surface area contributed by atoms with Gasteiger partial charge in [-0.05, 0) is 48.2 Å². The number of rotatable bonds is 14. The molecule has 15 nitrogen and oxygen atoms in total. The number of aliphatic carboxylic acids is 1. The van der Waals surface area contributed by atoms with Crippen LogP contribution in [0.2, 0.25) is 0 Å². The third-order valence-corrected chi connectivity index (χ3v) is 5.65. The van der Waals surface area contributed by atoms with Crippen LogP contribution >= 0.6 is 0 Å². The van der Waals surface area contributed by atoms with Gasteiger partial charge in [0.2, 0.25) is 11.8 Å². The Hall–Kier alpha value is -5.21. The second kappa shape index (κ2) is 14.7. The van der Waals surface area contributed by atoms with E-state index in [1.165, 1.54) is 30.3 Å². The highest BCUT2D eigenvalue weighted by molar-refractivity contribution is 5.93. The maximum Gasteiger partial charge on any atom is 0.326 e. The molecule has 0 fully saturated rings. The molecule has 2 rings (SSSR count). The quantitative estimate of drug-likeness (QED) is 0.0541. The van der Waals surface area contributed by atoms with Gasteiger partial charge in [0.15, 0.2) is 23.4 Å². The molecular weight excluding hydrogens is 524 g/mol. The number of amides is 2. The maximum absolute atomic E-state index is 13.2. The maximum atomic E-state index is 13.2. The van der Waals surface area contributed by atoms with E-state index in [0.29, 0.717) is 11.1 Å². The number of carboxylic acid groups (broad SMARTS) is 1. The van der Waals surface area contributed by atoms with Crippen molar-refractivity contribution in [2.45, 2.75) is 43.8 Å². The van der Waals surface area contributed by atoms with Crippen LogP contribution in [0.5, 0.6) is 17.2 Å². The van der Waals surface area contributed by atoms with Gasteiger partial charge in [-0.1, -0.05) is 18.2 Å². The van der Waals surface area contributed by atoms with Crippen LogP contribution in [0.4, 0.5) is 0 Å². The number of carboxylic acids is 1. The summed E-state index contributed by atoms with van der Waals surface area (Å²) in [6, 6.07) is 6.00. The van der Waals surface area contributed by atoms with E-state index in [9.17, 15) is 34.8 Å². The van der Waals surface area contributed by atoms with Crippen LogP contribution in [0.3, 0.4) is 0 Å². The van der Waals surface area contributed by atoms with E-state index >= 15 is 0 Å². The number of aromatic hydroxyl groups is 3. The highest BCUT2D eigenvalue weighted by Gasteiger charge is 2.29. The predicted molar refractivity (Wildman–Crippen MR) is 146 cm³/mol. The fraction of sp³-hybridized carbons (Fsp3) is 0.320. The zero-order valence-corrected chi connectivity index (χ0v) is 21.5. The topological polar surface area (TPSA) is 285 Å². The van der Waals surface area contributed by atoms with Crippen molar-refractivity contribution < 1.29 is 34.8 Å². The molecule has 2 aromatic rings. The van der Waals surface area contributed by atoms with Crippen LogP contribution in [-0.2, 0) is 27.2 Å². The van der Waals surface area contributed by atoms with Gasteiger partial charge in [-0.2, -0.15) is 0 Å². The normalized spacial score (nSPS) is 12.8. The van der Waals surface area contributed by atoms with E-state index in [-0.39, 0.29) is 55.6 Å². The van der Waals surface area contributed by atoms with Gasteiger partial charge in [-0.25, -0.2) is 9.79 Å². The van der Waals surface area contributed by atoms with Crippen molar-refractivity contribution in [3.05, 3.63) is 53.6 Å². The first-order valence-electron chi connectivity index (χ1n) is 12.1. The third kappa shape index (κ3) is 10.3. The van der Waals surface area contributed by atoms with Crippen LogP contribution < -0.4 is 33.6 Å². The van der Waals surface area contributed by atoms with Crippen LogP contribution in [-0.4, -0.2) is 74.8 Å². The number of nitrogens with one attached hydrogen (secondary N) is 2. The summed E-state index contributed by atoms with van der Waals surface area (Å²) in [5, 5.41) is 43.4. The molecule has 0 aliphatic carbocycles. The molecule has 0 saturated carbocycles. The number of carbonyl (C=O) groups is 3. The van der Waals surface area contributed by atoms with E-state index in [0.717, 1.165) is 0 Å². The summed E-state index contributed by atoms with van der Waals surface area (Å²) in [6.07, 6.45) is 0.106. The van der Waals surface area contributed by atoms with Gasteiger partial charge in [0.1, 0.15) is 23.9 Å². The smallest absolute Gasteiger partial charge is 0.326 e. The third-order valence-electron chi connectivity index (χ3n) is 5.65. The number of nitrogens with two attached hydrogens (primary N) is 4. The number of hydrogen-bond donors (Lipinski definition) is 10. The van der Waals surface area contributed by atoms with Gasteiger partial charge >= 0.3 is 5.97 Å². The van der Waals surface area contributed by atoms with E-state index in [1.807, 2.05) is 0 Å². The number of hydrogen-bond acceptors (Lipinski definition) is 8. The van der Waals surface area contributed by atoms with Gasteiger partial charge in [0.05, 0.1) is 0 Å². The molecule has 40 heavy (non-hydrogen) atoms. The summed E-state index contributed by atoms with van der Waals surface area (Å²) in [5.41, 5.74) is 22.6. The summed E-state index contributed by atoms with van der Waals surface area (Å²) in [5.74, 6) is -4.20. The first kappa shape index (κ1) is 31.0. The van der Waals surface area contributed by atoms with Crippen molar-refractivity contribution in [3.8, 4) is 17.2 Å². The Morgan fingerprint density at radius 1 is 0.775 bits per heavy atom. The minimum absolute atomic E-state index is 0.0274. The zero-order valence-electron chi connectivity index (χ0n) is 21.5. The highest BCUT2D eigenvalue weighted by Crippen LogP contribution is 2.25. The van der Waals surface area contributed by atoms with E-state index in [4.69, 9.17) is 22.9 Å². The largest absolute Gasteiger partial charge is 0.508 e. The molecule has 14 N–H and O–H groups in total. The fourth-order valence-electron chi connectivity index (χ4n) is 3.68. The van der Waals surface area contributed by atoms with Gasteiger partial charge in [0.25, 0.3) is 0 Å². The monoisotopic (exact) mass is 558 g/mol. The number of phenols is 3. The molecular formula is C25H34N8O7. The lowest BCUT2D eigenvalue weighted by molar-refractivity contribution is -0.142. The summed E-state index contributed by atoms with van der Waals surface area (Å²) < 4.78 is 0. The van der Waals surface area contributed by atoms with E-state index in [1.54, 1.807) is 12.1 Å². The first-order chi connectivity index (χ1) is 18.8. The molecule has 2 aromatic carbocycles. The second-order valence-corrected chi connectivity index (χ2v) is 8.88. The zero-order chi connectivity index (χ0) is 29.8. The minimum Gasteiger partial charge on any atom is -0.508 e. The summed E-state index contributed by atoms with van der Waals surface area (Å²) in [6.45, 7) is 0.141. The minimum atomic E-state index is -1.43. The predicted octanol–water partition coefficient (Wildman–Crippen LogP) is -1.66. The number of aliphatic imine (C=N–C) groups is 2. The number of carbonyl (C=O) groups excluding carboxylic acids is 2.